The summed E-state index contributed by atoms with van der Waals surface area (Å²) in [6.07, 6.45) is 5.12. The Morgan fingerprint density at radius 3 is 2.58 bits per heavy atom. The van der Waals surface area contributed by atoms with Crippen molar-refractivity contribution in [1.29, 1.82) is 0 Å². The van der Waals surface area contributed by atoms with Gasteiger partial charge < -0.3 is 14.8 Å². The number of aromatic nitrogens is 2. The zero-order valence-corrected chi connectivity index (χ0v) is 17.6. The van der Waals surface area contributed by atoms with Crippen molar-refractivity contribution in [3.8, 4) is 17.2 Å². The van der Waals surface area contributed by atoms with Crippen molar-refractivity contribution >= 4 is 16.8 Å². The minimum atomic E-state index is -0.156. The van der Waals surface area contributed by atoms with Crippen molar-refractivity contribution in [2.75, 3.05) is 7.11 Å². The molecule has 0 bridgehead atoms. The van der Waals surface area contributed by atoms with E-state index in [1.807, 2.05) is 62.4 Å². The van der Waals surface area contributed by atoms with Gasteiger partial charge in [-0.25, -0.2) is 0 Å². The van der Waals surface area contributed by atoms with E-state index in [1.165, 1.54) is 0 Å². The molecule has 1 N–H and O–H groups in total. The Balaban J connectivity index is 1.60. The highest BCUT2D eigenvalue weighted by atomic mass is 16.5. The van der Waals surface area contributed by atoms with Gasteiger partial charge in [-0.2, -0.15) is 0 Å². The van der Waals surface area contributed by atoms with Crippen LogP contribution >= 0.6 is 0 Å². The smallest absolute Gasteiger partial charge is 0.252 e. The van der Waals surface area contributed by atoms with Crippen molar-refractivity contribution < 1.29 is 14.3 Å². The van der Waals surface area contributed by atoms with Gasteiger partial charge in [0.15, 0.2) is 0 Å². The second-order valence-electron chi connectivity index (χ2n) is 7.20. The predicted molar refractivity (Wildman–Crippen MR) is 120 cm³/mol. The summed E-state index contributed by atoms with van der Waals surface area (Å²) in [5.41, 5.74) is 3.10. The van der Waals surface area contributed by atoms with Crippen LogP contribution in [-0.2, 0) is 0 Å². The first-order chi connectivity index (χ1) is 15.1. The first-order valence-corrected chi connectivity index (χ1v) is 9.98. The summed E-state index contributed by atoms with van der Waals surface area (Å²) in [6, 6.07) is 16.6. The number of carbonyl (C=O) groups excluding carboxylic acids is 1. The van der Waals surface area contributed by atoms with Crippen LogP contribution < -0.4 is 14.8 Å². The first kappa shape index (κ1) is 20.3. The molecule has 0 saturated heterocycles. The summed E-state index contributed by atoms with van der Waals surface area (Å²) in [4.78, 5) is 21.3. The number of fused-ring (bicyclic) bond motifs is 1. The van der Waals surface area contributed by atoms with Gasteiger partial charge >= 0.3 is 0 Å². The molecule has 0 fully saturated rings. The summed E-state index contributed by atoms with van der Waals surface area (Å²) < 4.78 is 11.5. The van der Waals surface area contributed by atoms with E-state index in [4.69, 9.17) is 9.47 Å². The molecule has 4 aromatic rings. The Kier molecular flexibility index (Phi) is 5.80. The van der Waals surface area contributed by atoms with Crippen LogP contribution in [0.1, 0.15) is 34.5 Å². The number of ether oxygens (including phenoxy) is 2. The predicted octanol–water partition coefficient (Wildman–Crippen LogP) is 5.23. The highest BCUT2D eigenvalue weighted by Gasteiger charge is 2.16. The monoisotopic (exact) mass is 413 g/mol. The van der Waals surface area contributed by atoms with E-state index < -0.39 is 0 Å². The summed E-state index contributed by atoms with van der Waals surface area (Å²) in [6.45, 7) is 3.83. The Hall–Kier alpha value is -3.93. The molecule has 0 aliphatic rings. The maximum atomic E-state index is 12.9. The van der Waals surface area contributed by atoms with Crippen LogP contribution in [0.2, 0.25) is 0 Å². The van der Waals surface area contributed by atoms with Gasteiger partial charge in [0.2, 0.25) is 0 Å². The highest BCUT2D eigenvalue weighted by molar-refractivity contribution is 5.96. The van der Waals surface area contributed by atoms with Crippen molar-refractivity contribution in [3.05, 3.63) is 89.9 Å². The van der Waals surface area contributed by atoms with Gasteiger partial charge in [0.1, 0.15) is 17.2 Å². The van der Waals surface area contributed by atoms with Crippen LogP contribution in [0.5, 0.6) is 17.2 Å². The van der Waals surface area contributed by atoms with Crippen LogP contribution in [0.15, 0.2) is 73.2 Å². The molecule has 0 radical (unpaired) electrons. The lowest BCUT2D eigenvalue weighted by Crippen LogP contribution is -2.27. The molecule has 2 aromatic heterocycles. The maximum absolute atomic E-state index is 12.9. The maximum Gasteiger partial charge on any atom is 0.252 e. The second kappa shape index (κ2) is 8.83. The van der Waals surface area contributed by atoms with Gasteiger partial charge in [-0.05, 0) is 61.9 Å². The van der Waals surface area contributed by atoms with Crippen LogP contribution in [0, 0.1) is 6.92 Å². The van der Waals surface area contributed by atoms with E-state index in [0.717, 1.165) is 27.8 Å². The Morgan fingerprint density at radius 2 is 1.81 bits per heavy atom. The molecular formula is C25H23N3O3. The van der Waals surface area contributed by atoms with Gasteiger partial charge in [-0.15, -0.1) is 0 Å². The van der Waals surface area contributed by atoms with Gasteiger partial charge in [0, 0.05) is 41.2 Å². The summed E-state index contributed by atoms with van der Waals surface area (Å²) in [5, 5.41) is 3.91. The number of methoxy groups -OCH3 is 1. The minimum absolute atomic E-state index is 0.140. The van der Waals surface area contributed by atoms with E-state index in [0.29, 0.717) is 17.1 Å². The molecule has 0 spiro atoms. The van der Waals surface area contributed by atoms with Gasteiger partial charge in [-0.1, -0.05) is 6.07 Å². The molecular weight excluding hydrogens is 390 g/mol. The van der Waals surface area contributed by atoms with E-state index >= 15 is 0 Å². The number of carbonyl (C=O) groups is 1. The highest BCUT2D eigenvalue weighted by Crippen LogP contribution is 2.33. The SMILES string of the molecule is COc1ccc2c(Oc3cccc(C(=O)NC(C)c4ccncc4)c3C)ccnc2c1. The number of rotatable bonds is 6. The lowest BCUT2D eigenvalue weighted by Gasteiger charge is -2.17. The van der Waals surface area contributed by atoms with Crippen molar-refractivity contribution in [2.45, 2.75) is 19.9 Å². The number of nitrogens with zero attached hydrogens (tertiary/aromatic N) is 2. The van der Waals surface area contributed by atoms with Gasteiger partial charge in [-0.3, -0.25) is 14.8 Å². The number of pyridine rings is 2. The third-order valence-electron chi connectivity index (χ3n) is 5.21. The molecule has 6 nitrogen and oxygen atoms in total. The molecule has 1 amide bonds. The van der Waals surface area contributed by atoms with Crippen LogP contribution in [0.4, 0.5) is 0 Å². The van der Waals surface area contributed by atoms with Crippen LogP contribution in [0.25, 0.3) is 10.9 Å². The van der Waals surface area contributed by atoms with Crippen molar-refractivity contribution in [2.24, 2.45) is 0 Å². The first-order valence-electron chi connectivity index (χ1n) is 9.98. The Bertz CT molecular complexity index is 1230. The molecule has 31 heavy (non-hydrogen) atoms. The molecule has 0 saturated carbocycles. The average Bonchev–Trinajstić information content (AvgIpc) is 2.80. The van der Waals surface area contributed by atoms with E-state index in [-0.39, 0.29) is 11.9 Å². The fourth-order valence-corrected chi connectivity index (χ4v) is 3.42. The third-order valence-corrected chi connectivity index (χ3v) is 5.21. The standard InChI is InChI=1S/C25H23N3O3/c1-16-20(25(29)28-17(2)18-9-12-26-13-10-18)5-4-6-23(16)31-24-11-14-27-22-15-19(30-3)7-8-21(22)24/h4-15,17H,1-3H3,(H,28,29). The number of benzene rings is 2. The van der Waals surface area contributed by atoms with Crippen molar-refractivity contribution in [1.82, 2.24) is 15.3 Å². The van der Waals surface area contributed by atoms with E-state index in [9.17, 15) is 4.79 Å². The zero-order valence-electron chi connectivity index (χ0n) is 17.6. The second-order valence-corrected chi connectivity index (χ2v) is 7.20. The van der Waals surface area contributed by atoms with Crippen LogP contribution in [0.3, 0.4) is 0 Å². The lowest BCUT2D eigenvalue weighted by molar-refractivity contribution is 0.0939. The fourth-order valence-electron chi connectivity index (χ4n) is 3.42. The summed E-state index contributed by atoms with van der Waals surface area (Å²) in [7, 11) is 1.62. The molecule has 156 valence electrons. The molecule has 2 aromatic carbocycles. The lowest BCUT2D eigenvalue weighted by atomic mass is 10.1. The number of amides is 1. The third kappa shape index (κ3) is 4.33. The number of hydrogen-bond acceptors (Lipinski definition) is 5. The molecule has 1 unspecified atom stereocenters. The molecule has 2 heterocycles. The summed E-state index contributed by atoms with van der Waals surface area (Å²) in [5.74, 6) is 1.86. The topological polar surface area (TPSA) is 73.3 Å². The minimum Gasteiger partial charge on any atom is -0.497 e. The number of hydrogen-bond donors (Lipinski definition) is 1. The molecule has 6 heteroatoms. The van der Waals surface area contributed by atoms with Crippen molar-refractivity contribution in [3.63, 3.8) is 0 Å². The Labute approximate surface area is 180 Å². The summed E-state index contributed by atoms with van der Waals surface area (Å²) >= 11 is 0. The molecule has 0 aliphatic carbocycles. The molecule has 4 rings (SSSR count). The molecule has 1 atom stereocenters. The van der Waals surface area contributed by atoms with Gasteiger partial charge in [0.25, 0.3) is 5.91 Å². The number of nitrogens with one attached hydrogen (secondary N) is 1. The van der Waals surface area contributed by atoms with E-state index in [2.05, 4.69) is 15.3 Å². The van der Waals surface area contributed by atoms with Gasteiger partial charge in [0.05, 0.1) is 18.7 Å². The quantitative estimate of drug-likeness (QED) is 0.469. The average molecular weight is 413 g/mol. The Morgan fingerprint density at radius 1 is 1.00 bits per heavy atom. The normalized spacial score (nSPS) is 11.7. The largest absolute Gasteiger partial charge is 0.497 e. The van der Waals surface area contributed by atoms with E-state index in [1.54, 1.807) is 31.8 Å². The fraction of sp³-hybridized carbons (Fsp3) is 0.160. The van der Waals surface area contributed by atoms with Crippen LogP contribution in [-0.4, -0.2) is 23.0 Å². The molecule has 0 aliphatic heterocycles. The zero-order chi connectivity index (χ0) is 21.8.